The lowest BCUT2D eigenvalue weighted by atomic mass is 10.1. The van der Waals surface area contributed by atoms with Crippen molar-refractivity contribution in [3.63, 3.8) is 0 Å². The van der Waals surface area contributed by atoms with E-state index in [4.69, 9.17) is 9.47 Å². The second-order valence-corrected chi connectivity index (χ2v) is 4.51. The molecule has 0 saturated heterocycles. The molecule has 98 valence electrons. The topological polar surface area (TPSA) is 30.5 Å². The fourth-order valence-corrected chi connectivity index (χ4v) is 1.75. The molecule has 0 bridgehead atoms. The molecule has 3 heteroatoms. The van der Waals surface area contributed by atoms with E-state index in [1.165, 1.54) is 6.42 Å². The largest absolute Gasteiger partial charge is 0.379 e. The summed E-state index contributed by atoms with van der Waals surface area (Å²) in [5.41, 5.74) is 0. The Labute approximate surface area is 101 Å². The van der Waals surface area contributed by atoms with Crippen molar-refractivity contribution in [3.05, 3.63) is 0 Å². The highest BCUT2D eigenvalue weighted by Crippen LogP contribution is 2.06. The molecule has 0 spiro atoms. The molecule has 3 nitrogen and oxygen atoms in total. The summed E-state index contributed by atoms with van der Waals surface area (Å²) in [5, 5.41) is 3.47. The van der Waals surface area contributed by atoms with Crippen LogP contribution in [0, 0.1) is 0 Å². The summed E-state index contributed by atoms with van der Waals surface area (Å²) in [6.45, 7) is 13.1. The van der Waals surface area contributed by atoms with Gasteiger partial charge < -0.3 is 14.8 Å². The van der Waals surface area contributed by atoms with Crippen molar-refractivity contribution in [2.75, 3.05) is 19.8 Å². The highest BCUT2D eigenvalue weighted by molar-refractivity contribution is 4.65. The van der Waals surface area contributed by atoms with Crippen LogP contribution in [0.15, 0.2) is 0 Å². The Morgan fingerprint density at radius 2 is 1.75 bits per heavy atom. The summed E-state index contributed by atoms with van der Waals surface area (Å²) in [7, 11) is 0. The van der Waals surface area contributed by atoms with Crippen molar-refractivity contribution < 1.29 is 9.47 Å². The maximum atomic E-state index is 5.84. The highest BCUT2D eigenvalue weighted by Gasteiger charge is 2.11. The Morgan fingerprint density at radius 3 is 2.31 bits per heavy atom. The van der Waals surface area contributed by atoms with Gasteiger partial charge in [-0.25, -0.2) is 0 Å². The first-order valence-electron chi connectivity index (χ1n) is 6.56. The molecule has 0 saturated carbocycles. The van der Waals surface area contributed by atoms with Crippen LogP contribution in [0.5, 0.6) is 0 Å². The van der Waals surface area contributed by atoms with Gasteiger partial charge in [-0.2, -0.15) is 0 Å². The minimum absolute atomic E-state index is 0.188. The van der Waals surface area contributed by atoms with Crippen molar-refractivity contribution >= 4 is 0 Å². The fourth-order valence-electron chi connectivity index (χ4n) is 1.75. The molecule has 0 heterocycles. The van der Waals surface area contributed by atoms with Crippen LogP contribution in [0.25, 0.3) is 0 Å². The van der Waals surface area contributed by atoms with Crippen molar-refractivity contribution in [1.29, 1.82) is 0 Å². The summed E-state index contributed by atoms with van der Waals surface area (Å²) in [4.78, 5) is 0. The number of hydrogen-bond donors (Lipinski definition) is 1. The van der Waals surface area contributed by atoms with E-state index in [9.17, 15) is 0 Å². The number of rotatable bonds is 10. The minimum Gasteiger partial charge on any atom is -0.379 e. The van der Waals surface area contributed by atoms with E-state index in [0.717, 1.165) is 19.6 Å². The van der Waals surface area contributed by atoms with E-state index < -0.39 is 0 Å². The minimum atomic E-state index is 0.188. The van der Waals surface area contributed by atoms with Gasteiger partial charge in [0, 0.05) is 12.6 Å². The maximum Gasteiger partial charge on any atom is 0.0784 e. The molecule has 0 radical (unpaired) electrons. The zero-order valence-electron chi connectivity index (χ0n) is 11.6. The van der Waals surface area contributed by atoms with Gasteiger partial charge in [0.2, 0.25) is 0 Å². The molecule has 0 amide bonds. The SMILES string of the molecule is CCCNC(C)CC(C)OC(C)COCC. The number of hydrogen-bond acceptors (Lipinski definition) is 3. The fraction of sp³-hybridized carbons (Fsp3) is 1.00. The molecule has 0 aliphatic rings. The van der Waals surface area contributed by atoms with Gasteiger partial charge in [-0.05, 0) is 47.1 Å². The number of ether oxygens (including phenoxy) is 2. The average Bonchev–Trinajstić information content (AvgIpc) is 2.23. The van der Waals surface area contributed by atoms with Crippen LogP contribution in [0.3, 0.4) is 0 Å². The molecule has 3 unspecified atom stereocenters. The normalized spacial score (nSPS) is 17.1. The Kier molecular flexibility index (Phi) is 9.99. The van der Waals surface area contributed by atoms with Crippen LogP contribution in [0.2, 0.25) is 0 Å². The summed E-state index contributed by atoms with van der Waals surface area (Å²) in [6, 6.07) is 0.522. The molecule has 16 heavy (non-hydrogen) atoms. The monoisotopic (exact) mass is 231 g/mol. The van der Waals surface area contributed by atoms with E-state index in [1.807, 2.05) is 6.92 Å². The molecule has 0 fully saturated rings. The molecule has 0 aliphatic carbocycles. The molecule has 0 aromatic heterocycles. The number of nitrogens with one attached hydrogen (secondary N) is 1. The van der Waals surface area contributed by atoms with Gasteiger partial charge in [-0.15, -0.1) is 0 Å². The Morgan fingerprint density at radius 1 is 1.06 bits per heavy atom. The van der Waals surface area contributed by atoms with E-state index in [-0.39, 0.29) is 12.2 Å². The summed E-state index contributed by atoms with van der Waals surface area (Å²) in [6.07, 6.45) is 2.71. The van der Waals surface area contributed by atoms with Crippen LogP contribution in [0.1, 0.15) is 47.5 Å². The lowest BCUT2D eigenvalue weighted by Crippen LogP contribution is -2.32. The molecule has 1 N–H and O–H groups in total. The first-order chi connectivity index (χ1) is 7.60. The van der Waals surface area contributed by atoms with E-state index >= 15 is 0 Å². The van der Waals surface area contributed by atoms with Gasteiger partial charge in [0.1, 0.15) is 0 Å². The zero-order valence-corrected chi connectivity index (χ0v) is 11.6. The smallest absolute Gasteiger partial charge is 0.0784 e. The highest BCUT2D eigenvalue weighted by atomic mass is 16.5. The van der Waals surface area contributed by atoms with E-state index in [0.29, 0.717) is 12.6 Å². The van der Waals surface area contributed by atoms with Crippen molar-refractivity contribution in [3.8, 4) is 0 Å². The first kappa shape index (κ1) is 15.9. The molecular formula is C13H29NO2. The van der Waals surface area contributed by atoms with Gasteiger partial charge in [0.15, 0.2) is 0 Å². The van der Waals surface area contributed by atoms with E-state index in [2.05, 4.69) is 33.0 Å². The molecule has 0 aromatic carbocycles. The summed E-state index contributed by atoms with van der Waals surface area (Å²) >= 11 is 0. The molecular weight excluding hydrogens is 202 g/mol. The van der Waals surface area contributed by atoms with Gasteiger partial charge in [-0.3, -0.25) is 0 Å². The van der Waals surface area contributed by atoms with Gasteiger partial charge in [-0.1, -0.05) is 6.92 Å². The van der Waals surface area contributed by atoms with Crippen LogP contribution in [0.4, 0.5) is 0 Å². The molecule has 0 aliphatic heterocycles. The third-order valence-corrected chi connectivity index (χ3v) is 2.45. The van der Waals surface area contributed by atoms with Crippen molar-refractivity contribution in [2.24, 2.45) is 0 Å². The van der Waals surface area contributed by atoms with Gasteiger partial charge in [0.25, 0.3) is 0 Å². The second-order valence-electron chi connectivity index (χ2n) is 4.51. The average molecular weight is 231 g/mol. The second kappa shape index (κ2) is 10.1. The maximum absolute atomic E-state index is 5.84. The van der Waals surface area contributed by atoms with Crippen molar-refractivity contribution in [1.82, 2.24) is 5.32 Å². The third-order valence-electron chi connectivity index (χ3n) is 2.45. The standard InChI is InChI=1S/C13H29NO2/c1-6-8-14-11(3)9-12(4)16-13(5)10-15-7-2/h11-14H,6-10H2,1-5H3. The lowest BCUT2D eigenvalue weighted by molar-refractivity contribution is -0.0442. The van der Waals surface area contributed by atoms with Crippen LogP contribution >= 0.6 is 0 Å². The molecule has 3 atom stereocenters. The van der Waals surface area contributed by atoms with Crippen LogP contribution in [-0.4, -0.2) is 38.0 Å². The van der Waals surface area contributed by atoms with Crippen LogP contribution in [-0.2, 0) is 9.47 Å². The van der Waals surface area contributed by atoms with Crippen LogP contribution < -0.4 is 5.32 Å². The Bertz CT molecular complexity index is 137. The Balaban J connectivity index is 3.58. The van der Waals surface area contributed by atoms with Gasteiger partial charge >= 0.3 is 0 Å². The summed E-state index contributed by atoms with van der Waals surface area (Å²) in [5.74, 6) is 0. The first-order valence-corrected chi connectivity index (χ1v) is 6.56. The summed E-state index contributed by atoms with van der Waals surface area (Å²) < 4.78 is 11.2. The van der Waals surface area contributed by atoms with E-state index in [1.54, 1.807) is 0 Å². The van der Waals surface area contributed by atoms with Crippen molar-refractivity contribution in [2.45, 2.75) is 65.7 Å². The Hall–Kier alpha value is -0.120. The predicted octanol–water partition coefficient (Wildman–Crippen LogP) is 2.59. The third kappa shape index (κ3) is 9.13. The quantitative estimate of drug-likeness (QED) is 0.627. The van der Waals surface area contributed by atoms with Gasteiger partial charge in [0.05, 0.1) is 18.8 Å². The lowest BCUT2D eigenvalue weighted by Gasteiger charge is -2.22. The molecule has 0 rings (SSSR count). The predicted molar refractivity (Wildman–Crippen MR) is 68.9 cm³/mol. The zero-order chi connectivity index (χ0) is 12.4. The molecule has 0 aromatic rings.